The van der Waals surface area contributed by atoms with Gasteiger partial charge < -0.3 is 9.47 Å². The molecular formula is C8H18O2. The lowest BCUT2D eigenvalue weighted by molar-refractivity contribution is 0.0538. The molecule has 10 heavy (non-hydrogen) atoms. The molecule has 1 atom stereocenters. The van der Waals surface area contributed by atoms with Crippen LogP contribution in [-0.4, -0.2) is 26.9 Å². The van der Waals surface area contributed by atoms with Crippen molar-refractivity contribution >= 4 is 0 Å². The molecule has 0 radical (unpaired) electrons. The standard InChI is InChI=1S/C8H18O2/c1-4-8(2)7-10-6-5-9-3/h8H,4-7H2,1-3H3/t8-/m1/s1. The molecule has 0 aromatic rings. The van der Waals surface area contributed by atoms with Crippen LogP contribution in [0.3, 0.4) is 0 Å². The van der Waals surface area contributed by atoms with Crippen LogP contribution < -0.4 is 0 Å². The highest BCUT2D eigenvalue weighted by Crippen LogP contribution is 1.99. The zero-order valence-corrected chi connectivity index (χ0v) is 7.22. The second-order valence-corrected chi connectivity index (χ2v) is 2.58. The summed E-state index contributed by atoms with van der Waals surface area (Å²) in [4.78, 5) is 0. The highest BCUT2D eigenvalue weighted by atomic mass is 16.5. The minimum Gasteiger partial charge on any atom is -0.382 e. The monoisotopic (exact) mass is 146 g/mol. The number of hydrogen-bond donors (Lipinski definition) is 0. The lowest BCUT2D eigenvalue weighted by atomic mass is 10.1. The number of methoxy groups -OCH3 is 1. The summed E-state index contributed by atoms with van der Waals surface area (Å²) in [6, 6.07) is 0. The van der Waals surface area contributed by atoms with Crippen molar-refractivity contribution in [1.29, 1.82) is 0 Å². The molecule has 0 unspecified atom stereocenters. The molecule has 0 saturated heterocycles. The van der Waals surface area contributed by atoms with Crippen LogP contribution in [0.2, 0.25) is 0 Å². The average Bonchev–Trinajstić information content (AvgIpc) is 1.98. The first-order valence-corrected chi connectivity index (χ1v) is 3.88. The van der Waals surface area contributed by atoms with E-state index in [0.717, 1.165) is 13.2 Å². The van der Waals surface area contributed by atoms with Crippen molar-refractivity contribution < 1.29 is 9.47 Å². The van der Waals surface area contributed by atoms with Crippen LogP contribution in [0.5, 0.6) is 0 Å². The maximum atomic E-state index is 5.30. The SMILES string of the molecule is CC[C@@H](C)COCCOC. The van der Waals surface area contributed by atoms with Gasteiger partial charge in [-0.25, -0.2) is 0 Å². The van der Waals surface area contributed by atoms with Crippen molar-refractivity contribution in [3.05, 3.63) is 0 Å². The van der Waals surface area contributed by atoms with Gasteiger partial charge in [-0.15, -0.1) is 0 Å². The first kappa shape index (κ1) is 9.92. The van der Waals surface area contributed by atoms with E-state index in [1.54, 1.807) is 7.11 Å². The normalized spacial score (nSPS) is 13.5. The third kappa shape index (κ3) is 6.05. The van der Waals surface area contributed by atoms with Gasteiger partial charge in [0.05, 0.1) is 13.2 Å². The smallest absolute Gasteiger partial charge is 0.0700 e. The lowest BCUT2D eigenvalue weighted by Gasteiger charge is -2.08. The Hall–Kier alpha value is -0.0800. The molecule has 0 saturated carbocycles. The topological polar surface area (TPSA) is 18.5 Å². The van der Waals surface area contributed by atoms with E-state index in [1.807, 2.05) is 0 Å². The first-order chi connectivity index (χ1) is 4.81. The van der Waals surface area contributed by atoms with Gasteiger partial charge in [0.25, 0.3) is 0 Å². The fourth-order valence-electron chi connectivity index (χ4n) is 0.545. The van der Waals surface area contributed by atoms with Gasteiger partial charge in [0.2, 0.25) is 0 Å². The Morgan fingerprint density at radius 3 is 2.50 bits per heavy atom. The molecule has 2 heteroatoms. The number of rotatable bonds is 6. The Kier molecular flexibility index (Phi) is 6.98. The number of hydrogen-bond acceptors (Lipinski definition) is 2. The van der Waals surface area contributed by atoms with Crippen LogP contribution >= 0.6 is 0 Å². The van der Waals surface area contributed by atoms with Crippen molar-refractivity contribution in [3.63, 3.8) is 0 Å². The predicted molar refractivity (Wildman–Crippen MR) is 42.2 cm³/mol. The summed E-state index contributed by atoms with van der Waals surface area (Å²) in [6.07, 6.45) is 1.19. The van der Waals surface area contributed by atoms with E-state index in [-0.39, 0.29) is 0 Å². The van der Waals surface area contributed by atoms with Gasteiger partial charge in [-0.1, -0.05) is 20.3 Å². The maximum absolute atomic E-state index is 5.30. The Morgan fingerprint density at radius 1 is 1.30 bits per heavy atom. The summed E-state index contributed by atoms with van der Waals surface area (Å²) in [5.41, 5.74) is 0. The molecule has 0 bridgehead atoms. The summed E-state index contributed by atoms with van der Waals surface area (Å²) in [5.74, 6) is 0.678. The summed E-state index contributed by atoms with van der Waals surface area (Å²) in [6.45, 7) is 6.65. The molecule has 0 aliphatic rings. The van der Waals surface area contributed by atoms with Gasteiger partial charge in [-0.05, 0) is 5.92 Å². The molecule has 0 heterocycles. The summed E-state index contributed by atoms with van der Waals surface area (Å²) < 4.78 is 10.1. The molecule has 0 fully saturated rings. The molecule has 0 rings (SSSR count). The van der Waals surface area contributed by atoms with E-state index in [1.165, 1.54) is 6.42 Å². The van der Waals surface area contributed by atoms with Crippen molar-refractivity contribution in [1.82, 2.24) is 0 Å². The molecule has 0 aromatic heterocycles. The summed E-state index contributed by atoms with van der Waals surface area (Å²) in [5, 5.41) is 0. The lowest BCUT2D eigenvalue weighted by Crippen LogP contribution is -2.08. The molecule has 2 nitrogen and oxygen atoms in total. The Labute approximate surface area is 63.5 Å². The van der Waals surface area contributed by atoms with E-state index >= 15 is 0 Å². The largest absolute Gasteiger partial charge is 0.382 e. The number of ether oxygens (including phenoxy) is 2. The van der Waals surface area contributed by atoms with Crippen LogP contribution in [0.1, 0.15) is 20.3 Å². The predicted octanol–water partition coefficient (Wildman–Crippen LogP) is 1.70. The van der Waals surface area contributed by atoms with Crippen LogP contribution in [0.15, 0.2) is 0 Å². The van der Waals surface area contributed by atoms with Crippen LogP contribution in [0.4, 0.5) is 0 Å². The minimum absolute atomic E-state index is 0.678. The van der Waals surface area contributed by atoms with Gasteiger partial charge in [0.1, 0.15) is 0 Å². The Bertz CT molecular complexity index is 64.3. The van der Waals surface area contributed by atoms with Gasteiger partial charge in [-0.2, -0.15) is 0 Å². The fourth-order valence-corrected chi connectivity index (χ4v) is 0.545. The molecule has 0 aliphatic carbocycles. The van der Waals surface area contributed by atoms with Crippen molar-refractivity contribution in [3.8, 4) is 0 Å². The summed E-state index contributed by atoms with van der Waals surface area (Å²) >= 11 is 0. The molecule has 0 aromatic carbocycles. The second-order valence-electron chi connectivity index (χ2n) is 2.58. The molecule has 0 N–H and O–H groups in total. The van der Waals surface area contributed by atoms with Crippen LogP contribution in [0.25, 0.3) is 0 Å². The van der Waals surface area contributed by atoms with Gasteiger partial charge in [0.15, 0.2) is 0 Å². The van der Waals surface area contributed by atoms with E-state index in [9.17, 15) is 0 Å². The quantitative estimate of drug-likeness (QED) is 0.531. The zero-order valence-electron chi connectivity index (χ0n) is 7.22. The molecular weight excluding hydrogens is 128 g/mol. The van der Waals surface area contributed by atoms with Gasteiger partial charge in [0, 0.05) is 13.7 Å². The summed E-state index contributed by atoms with van der Waals surface area (Å²) in [7, 11) is 1.69. The molecule has 62 valence electrons. The second kappa shape index (κ2) is 7.03. The molecule has 0 spiro atoms. The molecule has 0 amide bonds. The molecule has 0 aliphatic heterocycles. The van der Waals surface area contributed by atoms with Gasteiger partial charge in [-0.3, -0.25) is 0 Å². The third-order valence-electron chi connectivity index (χ3n) is 1.53. The third-order valence-corrected chi connectivity index (χ3v) is 1.53. The zero-order chi connectivity index (χ0) is 7.82. The highest BCUT2D eigenvalue weighted by molar-refractivity contribution is 4.45. The Balaban J connectivity index is 2.89. The van der Waals surface area contributed by atoms with Gasteiger partial charge >= 0.3 is 0 Å². The average molecular weight is 146 g/mol. The van der Waals surface area contributed by atoms with Crippen molar-refractivity contribution in [2.45, 2.75) is 20.3 Å². The van der Waals surface area contributed by atoms with E-state index in [2.05, 4.69) is 13.8 Å². The maximum Gasteiger partial charge on any atom is 0.0700 e. The fraction of sp³-hybridized carbons (Fsp3) is 1.00. The Morgan fingerprint density at radius 2 is 2.00 bits per heavy atom. The van der Waals surface area contributed by atoms with Crippen LogP contribution in [0, 0.1) is 5.92 Å². The van der Waals surface area contributed by atoms with E-state index < -0.39 is 0 Å². The highest BCUT2D eigenvalue weighted by Gasteiger charge is 1.96. The minimum atomic E-state index is 0.678. The van der Waals surface area contributed by atoms with Crippen molar-refractivity contribution in [2.24, 2.45) is 5.92 Å². The van der Waals surface area contributed by atoms with E-state index in [0.29, 0.717) is 12.5 Å². The first-order valence-electron chi connectivity index (χ1n) is 3.88. The van der Waals surface area contributed by atoms with Crippen molar-refractivity contribution in [2.75, 3.05) is 26.9 Å². The van der Waals surface area contributed by atoms with E-state index in [4.69, 9.17) is 9.47 Å². The van der Waals surface area contributed by atoms with Crippen LogP contribution in [-0.2, 0) is 9.47 Å².